The van der Waals surface area contributed by atoms with Gasteiger partial charge in [0, 0.05) is 23.7 Å². The van der Waals surface area contributed by atoms with Crippen molar-refractivity contribution in [2.24, 2.45) is 5.92 Å². The van der Waals surface area contributed by atoms with E-state index in [0.717, 1.165) is 17.5 Å². The van der Waals surface area contributed by atoms with Crippen molar-refractivity contribution < 1.29 is 13.2 Å². The molecule has 3 aromatic rings. The topological polar surface area (TPSA) is 79.4 Å². The van der Waals surface area contributed by atoms with Gasteiger partial charge in [-0.3, -0.25) is 10.1 Å². The molecule has 1 saturated heterocycles. The van der Waals surface area contributed by atoms with Crippen LogP contribution in [-0.2, 0) is 10.0 Å². The number of halogens is 2. The number of aromatic nitrogens is 1. The van der Waals surface area contributed by atoms with Crippen LogP contribution in [0.3, 0.4) is 0 Å². The Hall–Kier alpha value is -1.71. The first kappa shape index (κ1) is 21.5. The Morgan fingerprint density at radius 1 is 1.23 bits per heavy atom. The van der Waals surface area contributed by atoms with Crippen LogP contribution >= 0.6 is 34.5 Å². The van der Waals surface area contributed by atoms with Crippen LogP contribution in [0.2, 0.25) is 10.0 Å². The number of thiazole rings is 1. The highest BCUT2D eigenvalue weighted by molar-refractivity contribution is 7.89. The third kappa shape index (κ3) is 4.33. The first-order chi connectivity index (χ1) is 14.2. The molecular formula is C20H19Cl2N3O3S2. The number of nitrogens with one attached hydrogen (secondary N) is 1. The first-order valence-corrected chi connectivity index (χ1v) is 12.4. The monoisotopic (exact) mass is 483 g/mol. The molecule has 4 rings (SSSR count). The smallest absolute Gasteiger partial charge is 0.257 e. The fraction of sp³-hybridized carbons (Fsp3) is 0.300. The summed E-state index contributed by atoms with van der Waals surface area (Å²) in [4.78, 5) is 17.1. The molecule has 1 unspecified atom stereocenters. The molecule has 1 amide bonds. The molecule has 6 nitrogen and oxygen atoms in total. The number of hydrogen-bond donors (Lipinski definition) is 1. The van der Waals surface area contributed by atoms with Crippen molar-refractivity contribution in [1.82, 2.24) is 9.29 Å². The number of sulfonamides is 1. The largest absolute Gasteiger partial charge is 0.298 e. The molecule has 2 aromatic carbocycles. The first-order valence-electron chi connectivity index (χ1n) is 9.41. The van der Waals surface area contributed by atoms with Crippen molar-refractivity contribution in [3.63, 3.8) is 0 Å². The average Bonchev–Trinajstić information content (AvgIpc) is 3.10. The molecule has 1 aliphatic heterocycles. The molecule has 0 bridgehead atoms. The molecule has 0 saturated carbocycles. The molecule has 1 N–H and O–H groups in total. The maximum Gasteiger partial charge on any atom is 0.257 e. The minimum Gasteiger partial charge on any atom is -0.298 e. The maximum absolute atomic E-state index is 12.9. The Balaban J connectivity index is 1.51. The molecule has 30 heavy (non-hydrogen) atoms. The number of benzene rings is 2. The molecule has 0 aliphatic carbocycles. The van der Waals surface area contributed by atoms with Gasteiger partial charge in [-0.25, -0.2) is 13.4 Å². The van der Waals surface area contributed by atoms with E-state index < -0.39 is 10.0 Å². The van der Waals surface area contributed by atoms with Gasteiger partial charge in [-0.05, 0) is 55.2 Å². The van der Waals surface area contributed by atoms with E-state index in [2.05, 4.69) is 17.2 Å². The SMILES string of the molecule is CC1CCCN(S(=O)(=O)c2ccc(C(=O)Nc3nc4c(Cl)cc(Cl)cc4s3)cc2)C1. The summed E-state index contributed by atoms with van der Waals surface area (Å²) in [5, 5.41) is 4.02. The molecule has 0 spiro atoms. The highest BCUT2D eigenvalue weighted by Gasteiger charge is 2.28. The minimum absolute atomic E-state index is 0.189. The third-order valence-electron chi connectivity index (χ3n) is 5.01. The highest BCUT2D eigenvalue weighted by atomic mass is 35.5. The van der Waals surface area contributed by atoms with Gasteiger partial charge < -0.3 is 0 Å². The maximum atomic E-state index is 12.9. The van der Waals surface area contributed by atoms with Crippen molar-refractivity contribution in [2.45, 2.75) is 24.7 Å². The minimum atomic E-state index is -3.56. The van der Waals surface area contributed by atoms with Crippen LogP contribution in [0, 0.1) is 5.92 Å². The van der Waals surface area contributed by atoms with Crippen LogP contribution in [0.4, 0.5) is 5.13 Å². The van der Waals surface area contributed by atoms with Gasteiger partial charge in [-0.2, -0.15) is 4.31 Å². The zero-order valence-corrected chi connectivity index (χ0v) is 19.2. The van der Waals surface area contributed by atoms with Crippen molar-refractivity contribution in [3.8, 4) is 0 Å². The van der Waals surface area contributed by atoms with Crippen molar-refractivity contribution in [1.29, 1.82) is 0 Å². The number of piperidine rings is 1. The lowest BCUT2D eigenvalue weighted by Gasteiger charge is -2.30. The summed E-state index contributed by atoms with van der Waals surface area (Å²) in [6.45, 7) is 3.10. The second-order valence-electron chi connectivity index (χ2n) is 7.34. The number of carbonyl (C=O) groups excluding carboxylic acids is 1. The molecule has 10 heteroatoms. The molecule has 2 heterocycles. The molecule has 1 atom stereocenters. The molecule has 1 aliphatic rings. The van der Waals surface area contributed by atoms with Crippen LogP contribution in [0.15, 0.2) is 41.3 Å². The molecule has 158 valence electrons. The second kappa shape index (κ2) is 8.43. The van der Waals surface area contributed by atoms with E-state index in [4.69, 9.17) is 23.2 Å². The van der Waals surface area contributed by atoms with Gasteiger partial charge in [-0.1, -0.05) is 41.5 Å². The molecule has 1 aromatic heterocycles. The number of anilines is 1. The summed E-state index contributed by atoms with van der Waals surface area (Å²) in [7, 11) is -3.56. The van der Waals surface area contributed by atoms with Gasteiger partial charge in [0.25, 0.3) is 5.91 Å². The number of amides is 1. The van der Waals surface area contributed by atoms with Crippen molar-refractivity contribution in [2.75, 3.05) is 18.4 Å². The Labute approximate surface area is 188 Å². The Bertz CT molecular complexity index is 1210. The van der Waals surface area contributed by atoms with Gasteiger partial charge in [0.15, 0.2) is 5.13 Å². The van der Waals surface area contributed by atoms with Crippen LogP contribution in [0.5, 0.6) is 0 Å². The van der Waals surface area contributed by atoms with Gasteiger partial charge in [0.2, 0.25) is 10.0 Å². The van der Waals surface area contributed by atoms with E-state index >= 15 is 0 Å². The number of fused-ring (bicyclic) bond motifs is 1. The normalized spacial score (nSPS) is 17.9. The number of nitrogens with zero attached hydrogens (tertiary/aromatic N) is 2. The summed E-state index contributed by atoms with van der Waals surface area (Å²) in [6.07, 6.45) is 1.90. The van der Waals surface area contributed by atoms with Gasteiger partial charge in [0.1, 0.15) is 5.52 Å². The average molecular weight is 484 g/mol. The summed E-state index contributed by atoms with van der Waals surface area (Å²) in [6, 6.07) is 9.28. The second-order valence-corrected chi connectivity index (χ2v) is 11.2. The van der Waals surface area contributed by atoms with Gasteiger partial charge in [0.05, 0.1) is 14.6 Å². The Morgan fingerprint density at radius 2 is 1.97 bits per heavy atom. The van der Waals surface area contributed by atoms with Gasteiger partial charge >= 0.3 is 0 Å². The number of rotatable bonds is 4. The van der Waals surface area contributed by atoms with E-state index in [1.807, 2.05) is 0 Å². The lowest BCUT2D eigenvalue weighted by Crippen LogP contribution is -2.39. The summed E-state index contributed by atoms with van der Waals surface area (Å²) in [5.41, 5.74) is 0.905. The third-order valence-corrected chi connectivity index (χ3v) is 8.31. The van der Waals surface area contributed by atoms with Crippen molar-refractivity contribution >= 4 is 65.8 Å². The predicted molar refractivity (Wildman–Crippen MR) is 121 cm³/mol. The zero-order valence-electron chi connectivity index (χ0n) is 16.1. The quantitative estimate of drug-likeness (QED) is 0.547. The molecule has 1 fully saturated rings. The fourth-order valence-electron chi connectivity index (χ4n) is 3.47. The summed E-state index contributed by atoms with van der Waals surface area (Å²) < 4.78 is 28.0. The van der Waals surface area contributed by atoms with Crippen LogP contribution < -0.4 is 5.32 Å². The van der Waals surface area contributed by atoms with Crippen LogP contribution in [-0.4, -0.2) is 36.7 Å². The van der Waals surface area contributed by atoms with E-state index in [1.165, 1.54) is 39.9 Å². The number of carbonyl (C=O) groups is 1. The van der Waals surface area contributed by atoms with E-state index in [9.17, 15) is 13.2 Å². The van der Waals surface area contributed by atoms with E-state index in [1.54, 1.807) is 12.1 Å². The highest BCUT2D eigenvalue weighted by Crippen LogP contribution is 2.34. The predicted octanol–water partition coefficient (Wildman–Crippen LogP) is 5.28. The standard InChI is InChI=1S/C20H19Cl2N3O3S2/c1-12-3-2-8-25(11-12)30(27,28)15-6-4-13(5-7-15)19(26)24-20-23-18-16(22)9-14(21)10-17(18)29-20/h4-7,9-10,12H,2-3,8,11H2,1H3,(H,23,24,26). The molecular weight excluding hydrogens is 465 g/mol. The molecule has 0 radical (unpaired) electrons. The number of hydrogen-bond acceptors (Lipinski definition) is 5. The Morgan fingerprint density at radius 3 is 2.67 bits per heavy atom. The zero-order chi connectivity index (χ0) is 21.5. The van der Waals surface area contributed by atoms with Crippen molar-refractivity contribution in [3.05, 3.63) is 52.0 Å². The van der Waals surface area contributed by atoms with Crippen LogP contribution in [0.1, 0.15) is 30.1 Å². The lowest BCUT2D eigenvalue weighted by atomic mass is 10.0. The van der Waals surface area contributed by atoms with Crippen LogP contribution in [0.25, 0.3) is 10.2 Å². The van der Waals surface area contributed by atoms with E-state index in [0.29, 0.717) is 45.3 Å². The summed E-state index contributed by atoms with van der Waals surface area (Å²) >= 11 is 13.4. The summed E-state index contributed by atoms with van der Waals surface area (Å²) in [5.74, 6) is -0.0393. The Kier molecular flexibility index (Phi) is 6.05. The van der Waals surface area contributed by atoms with E-state index in [-0.39, 0.29) is 10.8 Å². The fourth-order valence-corrected chi connectivity index (χ4v) is 6.65. The lowest BCUT2D eigenvalue weighted by molar-refractivity contribution is 0.102. The van der Waals surface area contributed by atoms with Gasteiger partial charge in [-0.15, -0.1) is 0 Å².